The van der Waals surface area contributed by atoms with E-state index in [2.05, 4.69) is 52.0 Å². The van der Waals surface area contributed by atoms with Crippen molar-refractivity contribution in [2.45, 2.75) is 155 Å². The van der Waals surface area contributed by atoms with Crippen LogP contribution in [0.3, 0.4) is 0 Å². The molecule has 0 radical (unpaired) electrons. The van der Waals surface area contributed by atoms with Crippen molar-refractivity contribution in [3.63, 3.8) is 0 Å². The molecule has 0 fully saturated rings. The Morgan fingerprint density at radius 3 is 1.70 bits per heavy atom. The summed E-state index contributed by atoms with van der Waals surface area (Å²) in [7, 11) is 0. The second kappa shape index (κ2) is 21.9. The van der Waals surface area contributed by atoms with Crippen LogP contribution in [0.15, 0.2) is 24.3 Å². The molecule has 0 aromatic heterocycles. The van der Waals surface area contributed by atoms with Crippen LogP contribution in [-0.4, -0.2) is 18.8 Å². The molecule has 2 nitrogen and oxygen atoms in total. The molecular formula is C34H63FN2. The van der Waals surface area contributed by atoms with E-state index < -0.39 is 0 Å². The molecule has 0 heterocycles. The Balaban J connectivity index is 2.38. The molecule has 4 N–H and O–H groups in total. The van der Waals surface area contributed by atoms with Gasteiger partial charge >= 0.3 is 0 Å². The van der Waals surface area contributed by atoms with E-state index in [9.17, 15) is 4.39 Å². The first-order chi connectivity index (χ1) is 17.9. The van der Waals surface area contributed by atoms with Crippen molar-refractivity contribution >= 4 is 0 Å². The monoisotopic (exact) mass is 518 g/mol. The fourth-order valence-electron chi connectivity index (χ4n) is 5.86. The van der Waals surface area contributed by atoms with Crippen molar-refractivity contribution in [3.05, 3.63) is 35.4 Å². The molecular weight excluding hydrogens is 455 g/mol. The van der Waals surface area contributed by atoms with Crippen LogP contribution in [-0.2, 0) is 12.8 Å². The molecule has 5 unspecified atom stereocenters. The van der Waals surface area contributed by atoms with Crippen molar-refractivity contribution < 1.29 is 4.39 Å². The molecule has 0 aliphatic rings. The molecule has 1 aromatic rings. The predicted molar refractivity (Wildman–Crippen MR) is 163 cm³/mol. The number of hydrogen-bond donors (Lipinski definition) is 2. The Bertz CT molecular complexity index is 648. The molecule has 0 spiro atoms. The van der Waals surface area contributed by atoms with Gasteiger partial charge in [-0.3, -0.25) is 4.39 Å². The first-order valence-electron chi connectivity index (χ1n) is 16.1. The molecule has 37 heavy (non-hydrogen) atoms. The molecule has 3 heteroatoms. The zero-order valence-corrected chi connectivity index (χ0v) is 25.2. The zero-order valence-electron chi connectivity index (χ0n) is 25.2. The summed E-state index contributed by atoms with van der Waals surface area (Å²) in [6.45, 7) is 9.02. The van der Waals surface area contributed by atoms with Crippen molar-refractivity contribution in [2.75, 3.05) is 6.67 Å². The van der Waals surface area contributed by atoms with Crippen LogP contribution < -0.4 is 11.5 Å². The number of aryl methyl sites for hydroxylation is 1. The molecule has 0 saturated carbocycles. The van der Waals surface area contributed by atoms with Crippen LogP contribution in [0, 0.1) is 17.8 Å². The lowest BCUT2D eigenvalue weighted by atomic mass is 9.78. The van der Waals surface area contributed by atoms with Gasteiger partial charge in [0.1, 0.15) is 0 Å². The van der Waals surface area contributed by atoms with Gasteiger partial charge in [0.15, 0.2) is 0 Å². The third-order valence-corrected chi connectivity index (χ3v) is 8.78. The minimum Gasteiger partial charge on any atom is -0.327 e. The fourth-order valence-corrected chi connectivity index (χ4v) is 5.86. The van der Waals surface area contributed by atoms with Gasteiger partial charge < -0.3 is 11.5 Å². The minimum atomic E-state index is -0.171. The third kappa shape index (κ3) is 15.3. The van der Waals surface area contributed by atoms with Crippen LogP contribution >= 0.6 is 0 Å². The van der Waals surface area contributed by atoms with Gasteiger partial charge in [0.25, 0.3) is 0 Å². The summed E-state index contributed by atoms with van der Waals surface area (Å²) in [4.78, 5) is 0. The van der Waals surface area contributed by atoms with Crippen LogP contribution in [0.4, 0.5) is 4.39 Å². The third-order valence-electron chi connectivity index (χ3n) is 8.78. The second-order valence-electron chi connectivity index (χ2n) is 12.1. The van der Waals surface area contributed by atoms with Gasteiger partial charge in [0.05, 0.1) is 6.67 Å². The highest BCUT2D eigenvalue weighted by atomic mass is 19.1. The van der Waals surface area contributed by atoms with E-state index in [0.29, 0.717) is 17.8 Å². The largest absolute Gasteiger partial charge is 0.327 e. The van der Waals surface area contributed by atoms with Crippen molar-refractivity contribution in [2.24, 2.45) is 29.2 Å². The highest BCUT2D eigenvalue weighted by molar-refractivity contribution is 5.28. The first-order valence-corrected chi connectivity index (χ1v) is 16.1. The summed E-state index contributed by atoms with van der Waals surface area (Å²) >= 11 is 0. The smallest absolute Gasteiger partial charge is 0.0894 e. The summed E-state index contributed by atoms with van der Waals surface area (Å²) in [5.74, 6) is 1.25. The Morgan fingerprint density at radius 1 is 0.622 bits per heavy atom. The van der Waals surface area contributed by atoms with Gasteiger partial charge in [0, 0.05) is 12.1 Å². The molecule has 1 aromatic carbocycles. The topological polar surface area (TPSA) is 52.0 Å². The average Bonchev–Trinajstić information content (AvgIpc) is 2.91. The van der Waals surface area contributed by atoms with Crippen LogP contribution in [0.25, 0.3) is 0 Å². The van der Waals surface area contributed by atoms with E-state index in [0.717, 1.165) is 32.1 Å². The summed E-state index contributed by atoms with van der Waals surface area (Å²) in [6.07, 6.45) is 22.3. The number of benzene rings is 1. The van der Waals surface area contributed by atoms with Crippen molar-refractivity contribution in [1.29, 1.82) is 0 Å². The maximum atomic E-state index is 12.2. The standard InChI is InChI=1S/C34H63FN2/c1-5-6-7-8-9-10-11-14-17-22-28(2)33(36)30(4)34(37)29(3)27-32-25-20-19-24-31(32)23-18-15-12-13-16-21-26-35/h19-20,24-25,28-30,33-34H,5-18,21-23,26-27,36-37H2,1-4H3. The number of nitrogens with two attached hydrogens (primary N) is 2. The molecule has 0 amide bonds. The SMILES string of the molecule is CCCCCCCCCCCC(C)C(N)C(C)C(N)C(C)Cc1ccccc1CCCCCCCCF. The van der Waals surface area contributed by atoms with E-state index in [-0.39, 0.29) is 18.8 Å². The number of unbranched alkanes of at least 4 members (excludes halogenated alkanes) is 13. The molecule has 1 rings (SSSR count). The molecule has 0 bridgehead atoms. The van der Waals surface area contributed by atoms with Gasteiger partial charge in [-0.1, -0.05) is 135 Å². The molecule has 216 valence electrons. The lowest BCUT2D eigenvalue weighted by molar-refractivity contribution is 0.244. The van der Waals surface area contributed by atoms with Gasteiger partial charge in [-0.05, 0) is 61.0 Å². The van der Waals surface area contributed by atoms with E-state index in [1.165, 1.54) is 94.6 Å². The van der Waals surface area contributed by atoms with Crippen molar-refractivity contribution in [1.82, 2.24) is 0 Å². The van der Waals surface area contributed by atoms with E-state index in [1.807, 2.05) is 0 Å². The number of alkyl halides is 1. The van der Waals surface area contributed by atoms with Gasteiger partial charge in [0.2, 0.25) is 0 Å². The summed E-state index contributed by atoms with van der Waals surface area (Å²) in [6, 6.07) is 9.19. The average molecular weight is 519 g/mol. The van der Waals surface area contributed by atoms with Gasteiger partial charge in [-0.2, -0.15) is 0 Å². The van der Waals surface area contributed by atoms with Crippen LogP contribution in [0.1, 0.15) is 142 Å². The number of rotatable bonds is 24. The summed E-state index contributed by atoms with van der Waals surface area (Å²) in [5, 5.41) is 0. The summed E-state index contributed by atoms with van der Waals surface area (Å²) in [5.41, 5.74) is 16.5. The maximum absolute atomic E-state index is 12.2. The highest BCUT2D eigenvalue weighted by Crippen LogP contribution is 2.26. The Kier molecular flexibility index (Phi) is 20.2. The zero-order chi connectivity index (χ0) is 27.3. The normalized spacial score (nSPS) is 15.9. The lowest BCUT2D eigenvalue weighted by Gasteiger charge is -2.34. The Labute approximate surface area is 230 Å². The van der Waals surface area contributed by atoms with E-state index in [4.69, 9.17) is 11.5 Å². The predicted octanol–water partition coefficient (Wildman–Crippen LogP) is 9.57. The number of hydrogen-bond acceptors (Lipinski definition) is 2. The fraction of sp³-hybridized carbons (Fsp3) is 0.824. The maximum Gasteiger partial charge on any atom is 0.0894 e. The molecule has 0 aliphatic carbocycles. The number of halogens is 1. The lowest BCUT2D eigenvalue weighted by Crippen LogP contribution is -2.47. The van der Waals surface area contributed by atoms with Gasteiger partial charge in [-0.15, -0.1) is 0 Å². The summed E-state index contributed by atoms with van der Waals surface area (Å²) < 4.78 is 12.2. The Hall–Kier alpha value is -0.930. The van der Waals surface area contributed by atoms with Crippen molar-refractivity contribution in [3.8, 4) is 0 Å². The molecule has 0 saturated heterocycles. The van der Waals surface area contributed by atoms with Crippen LogP contribution in [0.5, 0.6) is 0 Å². The molecule has 0 aliphatic heterocycles. The highest BCUT2D eigenvalue weighted by Gasteiger charge is 2.28. The Morgan fingerprint density at radius 2 is 1.11 bits per heavy atom. The van der Waals surface area contributed by atoms with Crippen LogP contribution in [0.2, 0.25) is 0 Å². The van der Waals surface area contributed by atoms with E-state index in [1.54, 1.807) is 0 Å². The molecule has 5 atom stereocenters. The van der Waals surface area contributed by atoms with E-state index >= 15 is 0 Å². The van der Waals surface area contributed by atoms with Gasteiger partial charge in [-0.25, -0.2) is 0 Å². The first kappa shape index (κ1) is 34.1. The quantitative estimate of drug-likeness (QED) is 0.134. The second-order valence-corrected chi connectivity index (χ2v) is 12.1. The minimum absolute atomic E-state index is 0.115.